The number of pyridine rings is 1. The van der Waals surface area contributed by atoms with Gasteiger partial charge in [-0.1, -0.05) is 18.2 Å². The van der Waals surface area contributed by atoms with Gasteiger partial charge in [0, 0.05) is 38.1 Å². The van der Waals surface area contributed by atoms with E-state index in [4.69, 9.17) is 0 Å². The lowest BCUT2D eigenvalue weighted by Gasteiger charge is -2.36. The smallest absolute Gasteiger partial charge is 0.318 e. The van der Waals surface area contributed by atoms with E-state index in [-0.39, 0.29) is 11.9 Å². The molecule has 7 heteroatoms. The Labute approximate surface area is 153 Å². The summed E-state index contributed by atoms with van der Waals surface area (Å²) in [5, 5.41) is 5.50. The van der Waals surface area contributed by atoms with Crippen molar-refractivity contribution in [2.75, 3.05) is 36.4 Å². The van der Waals surface area contributed by atoms with Crippen LogP contribution in [-0.4, -0.2) is 54.0 Å². The van der Waals surface area contributed by atoms with Crippen LogP contribution in [0.5, 0.6) is 0 Å². The third-order valence-electron chi connectivity index (χ3n) is 4.35. The number of aromatic nitrogens is 1. The number of amides is 3. The molecule has 2 aromatic rings. The molecule has 1 aliphatic heterocycles. The molecule has 1 fully saturated rings. The number of rotatable bonds is 4. The second-order valence-electron chi connectivity index (χ2n) is 6.21. The number of carbonyl (C=O) groups is 2. The summed E-state index contributed by atoms with van der Waals surface area (Å²) in [6, 6.07) is 12.8. The minimum Gasteiger partial charge on any atom is -0.368 e. The summed E-state index contributed by atoms with van der Waals surface area (Å²) in [4.78, 5) is 32.5. The maximum Gasteiger partial charge on any atom is 0.318 e. The number of urea groups is 1. The normalized spacial score (nSPS) is 15.3. The van der Waals surface area contributed by atoms with E-state index in [0.29, 0.717) is 18.8 Å². The third-order valence-corrected chi connectivity index (χ3v) is 4.35. The van der Waals surface area contributed by atoms with Gasteiger partial charge in [0.2, 0.25) is 5.91 Å². The molecule has 1 aliphatic rings. The molecule has 136 valence electrons. The van der Waals surface area contributed by atoms with Gasteiger partial charge in [-0.25, -0.2) is 4.79 Å². The van der Waals surface area contributed by atoms with Gasteiger partial charge in [0.25, 0.3) is 0 Å². The summed E-state index contributed by atoms with van der Waals surface area (Å²) >= 11 is 0. The molecule has 0 bridgehead atoms. The zero-order valence-corrected chi connectivity index (χ0v) is 14.8. The number of para-hydroxylation sites is 1. The first-order valence-electron chi connectivity index (χ1n) is 8.70. The molecule has 2 heterocycles. The molecule has 0 saturated carbocycles. The lowest BCUT2D eigenvalue weighted by Crippen LogP contribution is -2.54. The van der Waals surface area contributed by atoms with E-state index in [9.17, 15) is 9.59 Å². The van der Waals surface area contributed by atoms with Crippen LogP contribution in [-0.2, 0) is 4.79 Å². The predicted molar refractivity (Wildman–Crippen MR) is 101 cm³/mol. The summed E-state index contributed by atoms with van der Waals surface area (Å²) in [6.07, 6.45) is 3.20. The van der Waals surface area contributed by atoms with Gasteiger partial charge >= 0.3 is 6.03 Å². The zero-order valence-electron chi connectivity index (χ0n) is 14.8. The highest BCUT2D eigenvalue weighted by Crippen LogP contribution is 2.15. The van der Waals surface area contributed by atoms with Crippen molar-refractivity contribution in [1.29, 1.82) is 0 Å². The lowest BCUT2D eigenvalue weighted by atomic mass is 10.2. The first-order valence-corrected chi connectivity index (χ1v) is 8.70. The summed E-state index contributed by atoms with van der Waals surface area (Å²) in [5.74, 6) is -0.269. The van der Waals surface area contributed by atoms with Crippen molar-refractivity contribution in [2.45, 2.75) is 13.0 Å². The Morgan fingerprint density at radius 2 is 1.77 bits per heavy atom. The number of piperazine rings is 1. The highest BCUT2D eigenvalue weighted by Gasteiger charge is 2.24. The fourth-order valence-electron chi connectivity index (χ4n) is 2.84. The number of carbonyl (C=O) groups excluding carboxylic acids is 2. The Balaban J connectivity index is 1.47. The van der Waals surface area contributed by atoms with Crippen molar-refractivity contribution in [1.82, 2.24) is 15.2 Å². The SMILES string of the molecule is C[C@H](NC(=O)N1CCN(c2ccccc2)CC1)C(=O)Nc1cccnc1. The molecule has 1 saturated heterocycles. The highest BCUT2D eigenvalue weighted by atomic mass is 16.2. The number of nitrogens with one attached hydrogen (secondary N) is 2. The molecule has 1 aromatic heterocycles. The van der Waals surface area contributed by atoms with Gasteiger partial charge < -0.3 is 20.4 Å². The minimum atomic E-state index is -0.630. The summed E-state index contributed by atoms with van der Waals surface area (Å²) in [7, 11) is 0. The van der Waals surface area contributed by atoms with Gasteiger partial charge in [-0.3, -0.25) is 9.78 Å². The molecular formula is C19H23N5O2. The monoisotopic (exact) mass is 353 g/mol. The fraction of sp³-hybridized carbons (Fsp3) is 0.316. The van der Waals surface area contributed by atoms with Gasteiger partial charge in [0.1, 0.15) is 6.04 Å². The molecule has 0 radical (unpaired) electrons. The standard InChI is InChI=1S/C19H23N5O2/c1-15(18(25)22-16-6-5-9-20-14-16)21-19(26)24-12-10-23(11-13-24)17-7-3-2-4-8-17/h2-9,14-15H,10-13H2,1H3,(H,21,26)(H,22,25)/t15-/m0/s1. The van der Waals surface area contributed by atoms with E-state index in [1.165, 1.54) is 0 Å². The Kier molecular flexibility index (Phi) is 5.68. The zero-order chi connectivity index (χ0) is 18.4. The molecule has 1 aromatic carbocycles. The largest absolute Gasteiger partial charge is 0.368 e. The summed E-state index contributed by atoms with van der Waals surface area (Å²) in [6.45, 7) is 4.46. The van der Waals surface area contributed by atoms with Crippen LogP contribution in [0.2, 0.25) is 0 Å². The molecular weight excluding hydrogens is 330 g/mol. The van der Waals surface area contributed by atoms with Gasteiger partial charge in [0.15, 0.2) is 0 Å². The summed E-state index contributed by atoms with van der Waals surface area (Å²) in [5.41, 5.74) is 1.77. The van der Waals surface area contributed by atoms with Gasteiger partial charge in [-0.15, -0.1) is 0 Å². The number of hydrogen-bond acceptors (Lipinski definition) is 4. The second-order valence-corrected chi connectivity index (χ2v) is 6.21. The summed E-state index contributed by atoms with van der Waals surface area (Å²) < 4.78 is 0. The topological polar surface area (TPSA) is 77.6 Å². The minimum absolute atomic E-state index is 0.216. The van der Waals surface area contributed by atoms with Crippen LogP contribution in [0.1, 0.15) is 6.92 Å². The van der Waals surface area contributed by atoms with E-state index in [1.54, 1.807) is 36.4 Å². The number of benzene rings is 1. The maximum absolute atomic E-state index is 12.4. The Morgan fingerprint density at radius 3 is 2.42 bits per heavy atom. The number of nitrogens with zero attached hydrogens (tertiary/aromatic N) is 3. The Bertz CT molecular complexity index is 730. The fourth-order valence-corrected chi connectivity index (χ4v) is 2.84. The predicted octanol–water partition coefficient (Wildman–Crippen LogP) is 1.94. The first kappa shape index (κ1) is 17.7. The molecule has 0 spiro atoms. The van der Waals surface area contributed by atoms with Crippen molar-refractivity contribution in [3.05, 3.63) is 54.9 Å². The van der Waals surface area contributed by atoms with E-state index in [1.807, 2.05) is 18.2 Å². The molecule has 1 atom stereocenters. The van der Waals surface area contributed by atoms with E-state index >= 15 is 0 Å². The molecule has 3 rings (SSSR count). The van der Waals surface area contributed by atoms with Crippen molar-refractivity contribution < 1.29 is 9.59 Å². The van der Waals surface area contributed by atoms with Gasteiger partial charge in [-0.2, -0.15) is 0 Å². The van der Waals surface area contributed by atoms with Crippen molar-refractivity contribution in [3.63, 3.8) is 0 Å². The number of anilines is 2. The van der Waals surface area contributed by atoms with Gasteiger partial charge in [0.05, 0.1) is 11.9 Å². The second kappa shape index (κ2) is 8.33. The van der Waals surface area contributed by atoms with Crippen molar-refractivity contribution in [2.24, 2.45) is 0 Å². The van der Waals surface area contributed by atoms with Crippen LogP contribution in [0.25, 0.3) is 0 Å². The van der Waals surface area contributed by atoms with Crippen LogP contribution in [0, 0.1) is 0 Å². The molecule has 0 unspecified atom stereocenters. The van der Waals surface area contributed by atoms with Crippen LogP contribution in [0.3, 0.4) is 0 Å². The van der Waals surface area contributed by atoms with Gasteiger partial charge in [-0.05, 0) is 31.2 Å². The van der Waals surface area contributed by atoms with E-state index in [0.717, 1.165) is 18.8 Å². The lowest BCUT2D eigenvalue weighted by molar-refractivity contribution is -0.117. The van der Waals surface area contributed by atoms with Crippen LogP contribution < -0.4 is 15.5 Å². The highest BCUT2D eigenvalue weighted by molar-refractivity contribution is 5.96. The molecule has 0 aliphatic carbocycles. The Morgan fingerprint density at radius 1 is 1.04 bits per heavy atom. The molecule has 2 N–H and O–H groups in total. The molecule has 3 amide bonds. The van der Waals surface area contributed by atoms with Crippen molar-refractivity contribution >= 4 is 23.3 Å². The Hall–Kier alpha value is -3.09. The average Bonchev–Trinajstić information content (AvgIpc) is 2.69. The third kappa shape index (κ3) is 4.50. The van der Waals surface area contributed by atoms with E-state index < -0.39 is 6.04 Å². The van der Waals surface area contributed by atoms with Crippen LogP contribution in [0.15, 0.2) is 54.9 Å². The quantitative estimate of drug-likeness (QED) is 0.881. The average molecular weight is 353 g/mol. The molecule has 7 nitrogen and oxygen atoms in total. The van der Waals surface area contributed by atoms with Crippen LogP contribution in [0.4, 0.5) is 16.2 Å². The van der Waals surface area contributed by atoms with E-state index in [2.05, 4.69) is 32.7 Å². The van der Waals surface area contributed by atoms with Crippen LogP contribution >= 0.6 is 0 Å². The maximum atomic E-state index is 12.4. The molecule has 26 heavy (non-hydrogen) atoms. The first-order chi connectivity index (χ1) is 12.6. The van der Waals surface area contributed by atoms with Crippen molar-refractivity contribution in [3.8, 4) is 0 Å². The number of hydrogen-bond donors (Lipinski definition) is 2.